The highest BCUT2D eigenvalue weighted by Crippen LogP contribution is 2.17. The Morgan fingerprint density at radius 2 is 0.559 bits per heavy atom. The second-order valence-electron chi connectivity index (χ2n) is 19.9. The molecule has 0 radical (unpaired) electrons. The van der Waals surface area contributed by atoms with Gasteiger partial charge in [-0.15, -0.1) is 0 Å². The third kappa shape index (κ3) is 54.3. The molecule has 0 aliphatic heterocycles. The molecule has 0 N–H and O–H groups in total. The van der Waals surface area contributed by atoms with Crippen LogP contribution in [-0.2, 0) is 28.6 Å². The zero-order valence-electron chi connectivity index (χ0n) is 45.4. The third-order valence-corrected chi connectivity index (χ3v) is 13.0. The van der Waals surface area contributed by atoms with E-state index in [1.165, 1.54) is 161 Å². The summed E-state index contributed by atoms with van der Waals surface area (Å²) in [5.74, 6) is -0.895. The summed E-state index contributed by atoms with van der Waals surface area (Å²) in [5, 5.41) is 0. The minimum Gasteiger partial charge on any atom is -0.462 e. The van der Waals surface area contributed by atoms with Crippen LogP contribution in [0.2, 0.25) is 0 Å². The fourth-order valence-corrected chi connectivity index (χ4v) is 8.57. The molecule has 6 nitrogen and oxygen atoms in total. The molecule has 0 saturated heterocycles. The number of carbonyl (C=O) groups excluding carboxylic acids is 3. The first-order valence-corrected chi connectivity index (χ1v) is 29.6. The van der Waals surface area contributed by atoms with Crippen LogP contribution in [-0.4, -0.2) is 37.2 Å². The summed E-state index contributed by atoms with van der Waals surface area (Å²) in [4.78, 5) is 38.1. The molecule has 0 rings (SSSR count). The van der Waals surface area contributed by atoms with Crippen molar-refractivity contribution in [3.05, 3.63) is 48.6 Å². The van der Waals surface area contributed by atoms with E-state index in [4.69, 9.17) is 14.2 Å². The number of allylic oxidation sites excluding steroid dienone is 8. The molecule has 68 heavy (non-hydrogen) atoms. The van der Waals surface area contributed by atoms with Crippen LogP contribution in [0.1, 0.15) is 310 Å². The predicted molar refractivity (Wildman–Crippen MR) is 293 cm³/mol. The highest BCUT2D eigenvalue weighted by molar-refractivity contribution is 5.71. The summed E-state index contributed by atoms with van der Waals surface area (Å²) in [7, 11) is 0. The van der Waals surface area contributed by atoms with Crippen molar-refractivity contribution in [3.8, 4) is 0 Å². The van der Waals surface area contributed by atoms with Crippen molar-refractivity contribution in [2.45, 2.75) is 316 Å². The van der Waals surface area contributed by atoms with Gasteiger partial charge in [-0.1, -0.05) is 262 Å². The Morgan fingerprint density at radius 1 is 0.294 bits per heavy atom. The number of unbranched alkanes of at least 4 members (excludes halogenated alkanes) is 35. The van der Waals surface area contributed by atoms with E-state index in [0.717, 1.165) is 109 Å². The van der Waals surface area contributed by atoms with Crippen LogP contribution in [0.5, 0.6) is 0 Å². The maximum Gasteiger partial charge on any atom is 0.306 e. The average molecular weight is 954 g/mol. The lowest BCUT2D eigenvalue weighted by Gasteiger charge is -2.18. The van der Waals surface area contributed by atoms with Crippen molar-refractivity contribution < 1.29 is 28.6 Å². The highest BCUT2D eigenvalue weighted by atomic mass is 16.6. The molecule has 1 atom stereocenters. The molecule has 0 aromatic heterocycles. The minimum atomic E-state index is -0.784. The standard InChI is InChI=1S/C62H112O6/c1-4-7-10-13-16-19-22-25-27-28-29-30-31-32-33-35-37-40-43-46-49-52-55-61(64)67-58-59(57-66-60(63)54-51-48-45-42-39-36-24-21-18-15-12-9-6-3)68-62(65)56-53-50-47-44-41-38-34-26-23-20-17-14-11-8-5-2/h12,15,17,20-21,24,26,34,59H,4-11,13-14,16,18-19,22-23,25,27-33,35-58H2,1-3H3/b15-12-,20-17-,24-21-,34-26-. The number of carbonyl (C=O) groups is 3. The summed E-state index contributed by atoms with van der Waals surface area (Å²) in [6, 6.07) is 0. The number of ether oxygens (including phenoxy) is 3. The summed E-state index contributed by atoms with van der Waals surface area (Å²) < 4.78 is 16.9. The molecule has 0 aliphatic carbocycles. The van der Waals surface area contributed by atoms with Crippen LogP contribution in [0.25, 0.3) is 0 Å². The number of hydrogen-bond donors (Lipinski definition) is 0. The van der Waals surface area contributed by atoms with Gasteiger partial charge in [-0.25, -0.2) is 0 Å². The van der Waals surface area contributed by atoms with E-state index in [0.29, 0.717) is 19.3 Å². The Hall–Kier alpha value is -2.63. The molecule has 0 saturated carbocycles. The minimum absolute atomic E-state index is 0.0806. The largest absolute Gasteiger partial charge is 0.462 e. The zero-order chi connectivity index (χ0) is 49.3. The first kappa shape index (κ1) is 65.4. The van der Waals surface area contributed by atoms with Crippen molar-refractivity contribution in [1.82, 2.24) is 0 Å². The second-order valence-corrected chi connectivity index (χ2v) is 19.9. The Morgan fingerprint density at radius 3 is 0.897 bits per heavy atom. The summed E-state index contributed by atoms with van der Waals surface area (Å²) in [6.45, 7) is 6.56. The van der Waals surface area contributed by atoms with E-state index < -0.39 is 6.10 Å². The van der Waals surface area contributed by atoms with E-state index in [2.05, 4.69) is 69.4 Å². The van der Waals surface area contributed by atoms with Crippen LogP contribution in [0.4, 0.5) is 0 Å². The van der Waals surface area contributed by atoms with Gasteiger partial charge in [-0.2, -0.15) is 0 Å². The molecule has 1 unspecified atom stereocenters. The molecular formula is C62H112O6. The molecule has 0 bridgehead atoms. The molecule has 6 heteroatoms. The SMILES string of the molecule is CCC/C=C\C/C=C\CCCCCCCC(=O)OCC(COC(=O)CCCCCCCCCCCCCCCCCCCCCCCC)OC(=O)CCCCCCC/C=C\C/C=C\CCCCC. The van der Waals surface area contributed by atoms with Gasteiger partial charge in [-0.3, -0.25) is 14.4 Å². The Kier molecular flexibility index (Phi) is 54.8. The molecule has 0 aliphatic rings. The number of esters is 3. The lowest BCUT2D eigenvalue weighted by Crippen LogP contribution is -2.30. The fraction of sp³-hybridized carbons (Fsp3) is 0.823. The Bertz CT molecular complexity index is 1190. The second kappa shape index (κ2) is 57.0. The molecule has 396 valence electrons. The van der Waals surface area contributed by atoms with Gasteiger partial charge in [0.25, 0.3) is 0 Å². The average Bonchev–Trinajstić information content (AvgIpc) is 3.34. The van der Waals surface area contributed by atoms with Gasteiger partial charge in [-0.05, 0) is 77.0 Å². The van der Waals surface area contributed by atoms with E-state index in [9.17, 15) is 14.4 Å². The van der Waals surface area contributed by atoms with E-state index in [1.54, 1.807) is 0 Å². The van der Waals surface area contributed by atoms with Crippen LogP contribution < -0.4 is 0 Å². The lowest BCUT2D eigenvalue weighted by atomic mass is 10.0. The van der Waals surface area contributed by atoms with Crippen LogP contribution in [0, 0.1) is 0 Å². The Labute approximate surface area is 422 Å². The van der Waals surface area contributed by atoms with Crippen molar-refractivity contribution in [2.75, 3.05) is 13.2 Å². The molecule has 0 aromatic rings. The third-order valence-electron chi connectivity index (χ3n) is 13.0. The first-order chi connectivity index (χ1) is 33.5. The molecule has 0 amide bonds. The van der Waals surface area contributed by atoms with Crippen molar-refractivity contribution in [2.24, 2.45) is 0 Å². The summed E-state index contributed by atoms with van der Waals surface area (Å²) >= 11 is 0. The van der Waals surface area contributed by atoms with E-state index in [1.807, 2.05) is 0 Å². The molecule has 0 fully saturated rings. The monoisotopic (exact) mass is 953 g/mol. The van der Waals surface area contributed by atoms with Gasteiger partial charge >= 0.3 is 17.9 Å². The van der Waals surface area contributed by atoms with Crippen LogP contribution >= 0.6 is 0 Å². The maximum atomic E-state index is 12.8. The van der Waals surface area contributed by atoms with Crippen molar-refractivity contribution >= 4 is 17.9 Å². The lowest BCUT2D eigenvalue weighted by molar-refractivity contribution is -0.167. The van der Waals surface area contributed by atoms with E-state index >= 15 is 0 Å². The molecule has 0 heterocycles. The zero-order valence-corrected chi connectivity index (χ0v) is 45.4. The summed E-state index contributed by atoms with van der Waals surface area (Å²) in [6.07, 6.45) is 69.7. The number of hydrogen-bond acceptors (Lipinski definition) is 6. The fourth-order valence-electron chi connectivity index (χ4n) is 8.57. The van der Waals surface area contributed by atoms with Crippen molar-refractivity contribution in [3.63, 3.8) is 0 Å². The normalized spacial score (nSPS) is 12.3. The van der Waals surface area contributed by atoms with Crippen LogP contribution in [0.15, 0.2) is 48.6 Å². The van der Waals surface area contributed by atoms with Gasteiger partial charge < -0.3 is 14.2 Å². The first-order valence-electron chi connectivity index (χ1n) is 29.6. The quantitative estimate of drug-likeness (QED) is 0.0262. The maximum absolute atomic E-state index is 12.8. The van der Waals surface area contributed by atoms with Crippen molar-refractivity contribution in [1.29, 1.82) is 0 Å². The van der Waals surface area contributed by atoms with Gasteiger partial charge in [0.2, 0.25) is 0 Å². The predicted octanol–water partition coefficient (Wildman–Crippen LogP) is 19.8. The van der Waals surface area contributed by atoms with Gasteiger partial charge in [0.1, 0.15) is 13.2 Å². The smallest absolute Gasteiger partial charge is 0.306 e. The topological polar surface area (TPSA) is 78.9 Å². The molecular weight excluding hydrogens is 841 g/mol. The highest BCUT2D eigenvalue weighted by Gasteiger charge is 2.19. The van der Waals surface area contributed by atoms with Gasteiger partial charge in [0.15, 0.2) is 6.10 Å². The summed E-state index contributed by atoms with van der Waals surface area (Å²) in [5.41, 5.74) is 0. The van der Waals surface area contributed by atoms with Gasteiger partial charge in [0, 0.05) is 19.3 Å². The molecule has 0 aromatic carbocycles. The molecule has 0 spiro atoms. The van der Waals surface area contributed by atoms with Gasteiger partial charge in [0.05, 0.1) is 0 Å². The van der Waals surface area contributed by atoms with E-state index in [-0.39, 0.29) is 31.1 Å². The van der Waals surface area contributed by atoms with Crippen LogP contribution in [0.3, 0.4) is 0 Å². The Balaban J connectivity index is 4.29. The number of rotatable bonds is 54.